The van der Waals surface area contributed by atoms with Crippen molar-refractivity contribution in [1.82, 2.24) is 0 Å². The zero-order chi connectivity index (χ0) is 14.8. The lowest BCUT2D eigenvalue weighted by Crippen LogP contribution is -2.40. The van der Waals surface area contributed by atoms with Gasteiger partial charge in [-0.3, -0.25) is 4.79 Å². The first-order valence-corrected chi connectivity index (χ1v) is 7.45. The van der Waals surface area contributed by atoms with Crippen LogP contribution in [-0.2, 0) is 4.79 Å². The van der Waals surface area contributed by atoms with Gasteiger partial charge in [-0.1, -0.05) is 23.7 Å². The number of fused-ring (bicyclic) bond motifs is 1. The van der Waals surface area contributed by atoms with Crippen LogP contribution in [0.4, 0.5) is 5.69 Å². The van der Waals surface area contributed by atoms with Crippen molar-refractivity contribution in [3.8, 4) is 11.5 Å². The van der Waals surface area contributed by atoms with E-state index < -0.39 is 6.10 Å². The zero-order valence-corrected chi connectivity index (χ0v) is 13.1. The van der Waals surface area contributed by atoms with Gasteiger partial charge in [0.2, 0.25) is 6.10 Å². The Morgan fingerprint density at radius 3 is 2.76 bits per heavy atom. The third-order valence-corrected chi connectivity index (χ3v) is 3.88. The van der Waals surface area contributed by atoms with Crippen LogP contribution in [0.1, 0.15) is 0 Å². The van der Waals surface area contributed by atoms with Gasteiger partial charge in [-0.15, -0.1) is 0 Å². The number of nitrogens with one attached hydrogen (secondary N) is 1. The molecular weight excluding hydrogens is 358 g/mol. The van der Waals surface area contributed by atoms with Crippen molar-refractivity contribution in [2.75, 3.05) is 11.9 Å². The first-order valence-electron chi connectivity index (χ1n) is 6.28. The summed E-state index contributed by atoms with van der Waals surface area (Å²) >= 11 is 9.23. The molecular formula is C15H11BrClNO3. The SMILES string of the molecule is O=C(Nc1ccc(Cl)cc1Br)C1COc2ccccc2O1. The van der Waals surface area contributed by atoms with Crippen LogP contribution in [0.2, 0.25) is 5.02 Å². The lowest BCUT2D eigenvalue weighted by Gasteiger charge is -2.25. The highest BCUT2D eigenvalue weighted by Crippen LogP contribution is 2.31. The number of carbonyl (C=O) groups is 1. The molecule has 0 saturated heterocycles. The minimum Gasteiger partial charge on any atom is -0.485 e. The summed E-state index contributed by atoms with van der Waals surface area (Å²) < 4.78 is 11.9. The van der Waals surface area contributed by atoms with Crippen LogP contribution in [0.5, 0.6) is 11.5 Å². The van der Waals surface area contributed by atoms with Gasteiger partial charge in [-0.05, 0) is 46.3 Å². The highest BCUT2D eigenvalue weighted by Gasteiger charge is 2.27. The fourth-order valence-electron chi connectivity index (χ4n) is 1.95. The van der Waals surface area contributed by atoms with Gasteiger partial charge in [0.1, 0.15) is 6.61 Å². The molecule has 2 aromatic carbocycles. The molecule has 1 aliphatic heterocycles. The number of amides is 1. The van der Waals surface area contributed by atoms with Crippen molar-refractivity contribution >= 4 is 39.1 Å². The van der Waals surface area contributed by atoms with Crippen LogP contribution < -0.4 is 14.8 Å². The summed E-state index contributed by atoms with van der Waals surface area (Å²) in [4.78, 5) is 12.2. The monoisotopic (exact) mass is 367 g/mol. The van der Waals surface area contributed by atoms with Gasteiger partial charge in [0, 0.05) is 9.50 Å². The summed E-state index contributed by atoms with van der Waals surface area (Å²) in [6.07, 6.45) is -0.692. The number of anilines is 1. The molecule has 108 valence electrons. The van der Waals surface area contributed by atoms with E-state index in [1.54, 1.807) is 30.3 Å². The topological polar surface area (TPSA) is 47.6 Å². The van der Waals surface area contributed by atoms with Gasteiger partial charge in [-0.25, -0.2) is 0 Å². The first kappa shape index (κ1) is 14.2. The summed E-state index contributed by atoms with van der Waals surface area (Å²) in [5.74, 6) is 0.945. The lowest BCUT2D eigenvalue weighted by molar-refractivity contribution is -0.125. The van der Waals surface area contributed by atoms with Gasteiger partial charge in [-0.2, -0.15) is 0 Å². The van der Waals surface area contributed by atoms with Crippen molar-refractivity contribution in [2.24, 2.45) is 0 Å². The van der Waals surface area contributed by atoms with Crippen molar-refractivity contribution < 1.29 is 14.3 Å². The predicted molar refractivity (Wildman–Crippen MR) is 84.1 cm³/mol. The molecule has 0 fully saturated rings. The van der Waals surface area contributed by atoms with E-state index in [4.69, 9.17) is 21.1 Å². The molecule has 1 unspecified atom stereocenters. The van der Waals surface area contributed by atoms with E-state index in [-0.39, 0.29) is 12.5 Å². The fraction of sp³-hybridized carbons (Fsp3) is 0.133. The minimum atomic E-state index is -0.692. The van der Waals surface area contributed by atoms with Gasteiger partial charge in [0.15, 0.2) is 11.5 Å². The van der Waals surface area contributed by atoms with E-state index in [0.717, 1.165) is 0 Å². The van der Waals surface area contributed by atoms with Gasteiger partial charge < -0.3 is 14.8 Å². The van der Waals surface area contributed by atoms with Crippen LogP contribution in [-0.4, -0.2) is 18.6 Å². The van der Waals surface area contributed by atoms with Crippen molar-refractivity contribution in [3.63, 3.8) is 0 Å². The largest absolute Gasteiger partial charge is 0.485 e. The summed E-state index contributed by atoms with van der Waals surface area (Å²) in [6.45, 7) is 0.175. The van der Waals surface area contributed by atoms with Crippen molar-refractivity contribution in [3.05, 3.63) is 52.0 Å². The number of para-hydroxylation sites is 2. The Kier molecular flexibility index (Phi) is 4.03. The molecule has 1 N–H and O–H groups in total. The number of ether oxygens (including phenoxy) is 2. The second-order valence-electron chi connectivity index (χ2n) is 4.48. The van der Waals surface area contributed by atoms with E-state index in [0.29, 0.717) is 26.7 Å². The van der Waals surface area contributed by atoms with Crippen LogP contribution in [0.3, 0.4) is 0 Å². The Labute approximate surface area is 135 Å². The third kappa shape index (κ3) is 3.14. The number of halogens is 2. The van der Waals surface area contributed by atoms with Gasteiger partial charge in [0.05, 0.1) is 5.69 Å². The summed E-state index contributed by atoms with van der Waals surface area (Å²) in [5, 5.41) is 3.38. The van der Waals surface area contributed by atoms with E-state index in [9.17, 15) is 4.79 Å². The number of hydrogen-bond acceptors (Lipinski definition) is 3. The van der Waals surface area contributed by atoms with Crippen molar-refractivity contribution in [2.45, 2.75) is 6.10 Å². The van der Waals surface area contributed by atoms with E-state index in [1.807, 2.05) is 12.1 Å². The molecule has 0 bridgehead atoms. The number of carbonyl (C=O) groups excluding carboxylic acids is 1. The Balaban J connectivity index is 1.72. The molecule has 1 amide bonds. The smallest absolute Gasteiger partial charge is 0.269 e. The average molecular weight is 369 g/mol. The first-order chi connectivity index (χ1) is 10.1. The van der Waals surface area contributed by atoms with Gasteiger partial charge in [0.25, 0.3) is 5.91 Å². The van der Waals surface area contributed by atoms with Crippen LogP contribution >= 0.6 is 27.5 Å². The normalized spacial score (nSPS) is 16.4. The summed E-state index contributed by atoms with van der Waals surface area (Å²) in [6, 6.07) is 12.4. The molecule has 1 atom stereocenters. The quantitative estimate of drug-likeness (QED) is 0.875. The van der Waals surface area contributed by atoms with Crippen LogP contribution in [0.25, 0.3) is 0 Å². The standard InChI is InChI=1S/C15H11BrClNO3/c16-10-7-9(17)5-6-11(10)18-15(19)14-8-20-12-3-1-2-4-13(12)21-14/h1-7,14H,8H2,(H,18,19). The highest BCUT2D eigenvalue weighted by atomic mass is 79.9. The zero-order valence-electron chi connectivity index (χ0n) is 10.8. The van der Waals surface area contributed by atoms with Crippen LogP contribution in [0, 0.1) is 0 Å². The molecule has 1 aliphatic rings. The minimum absolute atomic E-state index is 0.175. The second-order valence-corrected chi connectivity index (χ2v) is 5.77. The number of benzene rings is 2. The van der Waals surface area contributed by atoms with E-state index in [1.165, 1.54) is 0 Å². The molecule has 0 radical (unpaired) electrons. The predicted octanol–water partition coefficient (Wildman–Crippen LogP) is 3.88. The molecule has 3 rings (SSSR count). The third-order valence-electron chi connectivity index (χ3n) is 2.99. The van der Waals surface area contributed by atoms with Gasteiger partial charge >= 0.3 is 0 Å². The maximum absolute atomic E-state index is 12.2. The molecule has 2 aromatic rings. The molecule has 0 aliphatic carbocycles. The molecule has 0 saturated carbocycles. The number of rotatable bonds is 2. The fourth-order valence-corrected chi connectivity index (χ4v) is 2.73. The summed E-state index contributed by atoms with van der Waals surface area (Å²) in [7, 11) is 0. The molecule has 0 aromatic heterocycles. The Morgan fingerprint density at radius 1 is 1.24 bits per heavy atom. The second kappa shape index (κ2) is 5.95. The summed E-state index contributed by atoms with van der Waals surface area (Å²) in [5.41, 5.74) is 0.631. The molecule has 1 heterocycles. The molecule has 4 nitrogen and oxygen atoms in total. The van der Waals surface area contributed by atoms with E-state index >= 15 is 0 Å². The average Bonchev–Trinajstić information content (AvgIpc) is 2.49. The Morgan fingerprint density at radius 2 is 2.00 bits per heavy atom. The lowest BCUT2D eigenvalue weighted by atomic mass is 10.2. The maximum atomic E-state index is 12.2. The maximum Gasteiger partial charge on any atom is 0.269 e. The number of hydrogen-bond donors (Lipinski definition) is 1. The Hall–Kier alpha value is -1.72. The molecule has 6 heteroatoms. The highest BCUT2D eigenvalue weighted by molar-refractivity contribution is 9.10. The Bertz CT molecular complexity index is 692. The van der Waals surface area contributed by atoms with E-state index in [2.05, 4.69) is 21.2 Å². The molecule has 21 heavy (non-hydrogen) atoms. The van der Waals surface area contributed by atoms with Crippen molar-refractivity contribution in [1.29, 1.82) is 0 Å². The molecule has 0 spiro atoms. The van der Waals surface area contributed by atoms with Crippen LogP contribution in [0.15, 0.2) is 46.9 Å².